The molecule has 2 rings (SSSR count). The van der Waals surface area contributed by atoms with Gasteiger partial charge < -0.3 is 10.1 Å². The lowest BCUT2D eigenvalue weighted by Crippen LogP contribution is -2.19. The SMILES string of the molecule is CC(C)(C#Cc1cccc2c1COCCN2)C(F)F. The van der Waals surface area contributed by atoms with Crippen LogP contribution in [-0.2, 0) is 11.3 Å². The van der Waals surface area contributed by atoms with Crippen LogP contribution in [0.4, 0.5) is 14.5 Å². The standard InChI is InChI=1S/C15H17F2NO/c1-15(2,14(16)17)7-6-11-4-3-5-13-12(11)10-19-9-8-18-13/h3-5,14,18H,8-10H2,1-2H3. The summed E-state index contributed by atoms with van der Waals surface area (Å²) in [6.07, 6.45) is -2.46. The van der Waals surface area contributed by atoms with Crippen molar-refractivity contribution in [3.05, 3.63) is 29.3 Å². The Balaban J connectivity index is 2.34. The minimum Gasteiger partial charge on any atom is -0.382 e. The molecule has 1 aromatic carbocycles. The third kappa shape index (κ3) is 3.24. The lowest BCUT2D eigenvalue weighted by atomic mass is 9.94. The fourth-order valence-corrected chi connectivity index (χ4v) is 1.74. The molecule has 1 aliphatic rings. The van der Waals surface area contributed by atoms with E-state index in [4.69, 9.17) is 4.74 Å². The Labute approximate surface area is 112 Å². The third-order valence-electron chi connectivity index (χ3n) is 3.05. The van der Waals surface area contributed by atoms with Gasteiger partial charge in [-0.15, -0.1) is 0 Å². The molecule has 0 bridgehead atoms. The Morgan fingerprint density at radius 1 is 1.37 bits per heavy atom. The lowest BCUT2D eigenvalue weighted by Gasteiger charge is -2.15. The number of alkyl halides is 2. The highest BCUT2D eigenvalue weighted by molar-refractivity contribution is 5.59. The summed E-state index contributed by atoms with van der Waals surface area (Å²) in [6, 6.07) is 5.66. The molecule has 2 nitrogen and oxygen atoms in total. The molecule has 0 spiro atoms. The highest BCUT2D eigenvalue weighted by atomic mass is 19.3. The van der Waals surface area contributed by atoms with Crippen LogP contribution in [0.2, 0.25) is 0 Å². The van der Waals surface area contributed by atoms with Crippen molar-refractivity contribution in [2.45, 2.75) is 26.9 Å². The van der Waals surface area contributed by atoms with Crippen LogP contribution in [0.25, 0.3) is 0 Å². The molecule has 1 heterocycles. The first-order valence-corrected chi connectivity index (χ1v) is 6.25. The molecule has 19 heavy (non-hydrogen) atoms. The van der Waals surface area contributed by atoms with E-state index in [1.165, 1.54) is 13.8 Å². The second kappa shape index (κ2) is 5.58. The molecule has 4 heteroatoms. The fraction of sp³-hybridized carbons (Fsp3) is 0.467. The van der Waals surface area contributed by atoms with E-state index in [9.17, 15) is 8.78 Å². The molecule has 102 valence electrons. The van der Waals surface area contributed by atoms with Crippen molar-refractivity contribution in [2.24, 2.45) is 5.41 Å². The van der Waals surface area contributed by atoms with E-state index >= 15 is 0 Å². The van der Waals surface area contributed by atoms with E-state index < -0.39 is 11.8 Å². The number of ether oxygens (including phenoxy) is 1. The molecular weight excluding hydrogens is 248 g/mol. The average molecular weight is 265 g/mol. The number of rotatable bonds is 1. The monoisotopic (exact) mass is 265 g/mol. The third-order valence-corrected chi connectivity index (χ3v) is 3.05. The van der Waals surface area contributed by atoms with Gasteiger partial charge in [-0.2, -0.15) is 0 Å². The van der Waals surface area contributed by atoms with Gasteiger partial charge in [0.25, 0.3) is 6.43 Å². The van der Waals surface area contributed by atoms with Gasteiger partial charge in [0, 0.05) is 23.4 Å². The second-order valence-corrected chi connectivity index (χ2v) is 5.08. The van der Waals surface area contributed by atoms with E-state index in [1.54, 1.807) is 0 Å². The molecule has 0 amide bonds. The van der Waals surface area contributed by atoms with Gasteiger partial charge in [-0.1, -0.05) is 17.9 Å². The average Bonchev–Trinajstić information content (AvgIpc) is 2.61. The van der Waals surface area contributed by atoms with Crippen molar-refractivity contribution >= 4 is 5.69 Å². The van der Waals surface area contributed by atoms with Crippen LogP contribution >= 0.6 is 0 Å². The normalized spacial score (nSPS) is 15.0. The lowest BCUT2D eigenvalue weighted by molar-refractivity contribution is 0.0570. The Hall–Kier alpha value is -1.60. The molecule has 0 fully saturated rings. The van der Waals surface area contributed by atoms with Crippen molar-refractivity contribution in [2.75, 3.05) is 18.5 Å². The quantitative estimate of drug-likeness (QED) is 0.787. The Morgan fingerprint density at radius 2 is 2.16 bits per heavy atom. The minimum atomic E-state index is -2.46. The van der Waals surface area contributed by atoms with Crippen molar-refractivity contribution in [1.82, 2.24) is 0 Å². The van der Waals surface area contributed by atoms with Crippen molar-refractivity contribution in [1.29, 1.82) is 0 Å². The maximum Gasteiger partial charge on any atom is 0.254 e. The van der Waals surface area contributed by atoms with Crippen molar-refractivity contribution in [3.8, 4) is 11.8 Å². The van der Waals surface area contributed by atoms with Gasteiger partial charge in [-0.25, -0.2) is 8.78 Å². The van der Waals surface area contributed by atoms with Crippen molar-refractivity contribution < 1.29 is 13.5 Å². The molecule has 0 aliphatic carbocycles. The number of hydrogen-bond acceptors (Lipinski definition) is 2. The zero-order valence-electron chi connectivity index (χ0n) is 11.1. The number of nitrogens with one attached hydrogen (secondary N) is 1. The summed E-state index contributed by atoms with van der Waals surface area (Å²) in [7, 11) is 0. The summed E-state index contributed by atoms with van der Waals surface area (Å²) in [5.74, 6) is 5.53. The molecule has 0 atom stereocenters. The van der Waals surface area contributed by atoms with Crippen LogP contribution in [0.5, 0.6) is 0 Å². The van der Waals surface area contributed by atoms with Gasteiger partial charge in [-0.3, -0.25) is 0 Å². The zero-order chi connectivity index (χ0) is 13.9. The molecule has 0 unspecified atom stereocenters. The van der Waals surface area contributed by atoms with Crippen LogP contribution < -0.4 is 5.32 Å². The predicted octanol–water partition coefficient (Wildman–Crippen LogP) is 3.27. The van der Waals surface area contributed by atoms with E-state index in [0.717, 1.165) is 23.4 Å². The van der Waals surface area contributed by atoms with E-state index in [0.29, 0.717) is 13.2 Å². The number of anilines is 1. The van der Waals surface area contributed by atoms with E-state index in [1.807, 2.05) is 18.2 Å². The number of benzene rings is 1. The maximum absolute atomic E-state index is 12.8. The zero-order valence-corrected chi connectivity index (χ0v) is 11.1. The Bertz CT molecular complexity index is 515. The first kappa shape index (κ1) is 13.8. The topological polar surface area (TPSA) is 21.3 Å². The summed E-state index contributed by atoms with van der Waals surface area (Å²) in [6.45, 7) is 4.72. The number of halogens is 2. The highest BCUT2D eigenvalue weighted by Crippen LogP contribution is 2.25. The fourth-order valence-electron chi connectivity index (χ4n) is 1.74. The predicted molar refractivity (Wildman–Crippen MR) is 71.3 cm³/mol. The van der Waals surface area contributed by atoms with Gasteiger partial charge >= 0.3 is 0 Å². The summed E-state index contributed by atoms with van der Waals surface area (Å²) >= 11 is 0. The van der Waals surface area contributed by atoms with Crippen LogP contribution in [-0.4, -0.2) is 19.6 Å². The molecule has 1 aliphatic heterocycles. The largest absolute Gasteiger partial charge is 0.382 e. The number of hydrogen-bond donors (Lipinski definition) is 1. The first-order valence-electron chi connectivity index (χ1n) is 6.25. The molecule has 1 aromatic rings. The molecule has 0 saturated heterocycles. The molecule has 1 N–H and O–H groups in total. The Morgan fingerprint density at radius 3 is 2.89 bits per heavy atom. The minimum absolute atomic E-state index is 0.461. The van der Waals surface area contributed by atoms with Gasteiger partial charge in [-0.05, 0) is 26.0 Å². The van der Waals surface area contributed by atoms with Gasteiger partial charge in [0.1, 0.15) is 0 Å². The molecular formula is C15H17F2NO. The van der Waals surface area contributed by atoms with Gasteiger partial charge in [0.2, 0.25) is 0 Å². The van der Waals surface area contributed by atoms with E-state index in [2.05, 4.69) is 17.2 Å². The smallest absolute Gasteiger partial charge is 0.254 e. The summed E-state index contributed by atoms with van der Waals surface area (Å²) < 4.78 is 31.0. The van der Waals surface area contributed by atoms with Crippen molar-refractivity contribution in [3.63, 3.8) is 0 Å². The summed E-state index contributed by atoms with van der Waals surface area (Å²) in [5, 5.41) is 3.24. The summed E-state index contributed by atoms with van der Waals surface area (Å²) in [5.41, 5.74) is 1.36. The molecule has 0 aromatic heterocycles. The number of fused-ring (bicyclic) bond motifs is 1. The Kier molecular flexibility index (Phi) is 4.06. The highest BCUT2D eigenvalue weighted by Gasteiger charge is 2.27. The van der Waals surface area contributed by atoms with Gasteiger partial charge in [0.05, 0.1) is 18.6 Å². The van der Waals surface area contributed by atoms with Crippen LogP contribution in [0.1, 0.15) is 25.0 Å². The summed E-state index contributed by atoms with van der Waals surface area (Å²) in [4.78, 5) is 0. The molecule has 0 radical (unpaired) electrons. The molecule has 0 saturated carbocycles. The van der Waals surface area contributed by atoms with E-state index in [-0.39, 0.29) is 0 Å². The van der Waals surface area contributed by atoms with Crippen LogP contribution in [0.3, 0.4) is 0 Å². The second-order valence-electron chi connectivity index (χ2n) is 5.08. The van der Waals surface area contributed by atoms with Gasteiger partial charge in [0.15, 0.2) is 0 Å². The van der Waals surface area contributed by atoms with Crippen LogP contribution in [0, 0.1) is 17.3 Å². The first-order chi connectivity index (χ1) is 9.00. The maximum atomic E-state index is 12.8. The van der Waals surface area contributed by atoms with Crippen LogP contribution in [0.15, 0.2) is 18.2 Å².